The topological polar surface area (TPSA) is 107 Å². The van der Waals surface area contributed by atoms with Gasteiger partial charge in [0.2, 0.25) is 0 Å². The first-order chi connectivity index (χ1) is 16.5. The summed E-state index contributed by atoms with van der Waals surface area (Å²) < 4.78 is 0. The second-order valence-corrected chi connectivity index (χ2v) is 8.34. The third kappa shape index (κ3) is 6.05. The van der Waals surface area contributed by atoms with Crippen LogP contribution in [-0.4, -0.2) is 10.8 Å². The van der Waals surface area contributed by atoms with Gasteiger partial charge in [-0.25, -0.2) is 4.98 Å². The quantitative estimate of drug-likeness (QED) is 0.220. The van der Waals surface area contributed by atoms with Crippen molar-refractivity contribution in [3.63, 3.8) is 0 Å². The number of Topliss-reactive ketones (excluding diaryl/α,β-unsaturated/α-hetero) is 1. The number of pyridine rings is 1. The number of benzene rings is 3. The summed E-state index contributed by atoms with van der Waals surface area (Å²) in [6, 6.07) is 26.3. The van der Waals surface area contributed by atoms with Crippen LogP contribution in [0.4, 0.5) is 23.0 Å². The standard InChI is InChI=1S/C27H24ClN5O/c28-22-10-12-23(13-11-22)32-33-26-21(17-25(29)31-27(26)30)16-19-7-4-8-20(15-19)24(34)14-9-18-5-2-1-3-6-18/h1-8,10-13,15,17H,9,14,16H2,(H4,29,30,31). The monoisotopic (exact) mass is 469 g/mol. The summed E-state index contributed by atoms with van der Waals surface area (Å²) in [6.45, 7) is 0. The van der Waals surface area contributed by atoms with Gasteiger partial charge in [-0.3, -0.25) is 4.79 Å². The van der Waals surface area contributed by atoms with Gasteiger partial charge >= 0.3 is 0 Å². The van der Waals surface area contributed by atoms with Crippen molar-refractivity contribution < 1.29 is 4.79 Å². The number of carbonyl (C=O) groups is 1. The summed E-state index contributed by atoms with van der Waals surface area (Å²) in [7, 11) is 0. The number of ketones is 1. The summed E-state index contributed by atoms with van der Waals surface area (Å²) in [5.74, 6) is 0.595. The fourth-order valence-corrected chi connectivity index (χ4v) is 3.75. The lowest BCUT2D eigenvalue weighted by molar-refractivity contribution is 0.0982. The fourth-order valence-electron chi connectivity index (χ4n) is 3.62. The molecule has 0 amide bonds. The zero-order valence-corrected chi connectivity index (χ0v) is 19.2. The van der Waals surface area contributed by atoms with E-state index in [-0.39, 0.29) is 11.6 Å². The molecule has 34 heavy (non-hydrogen) atoms. The minimum atomic E-state index is 0.0992. The number of aromatic nitrogens is 1. The number of halogens is 1. The molecule has 170 valence electrons. The first kappa shape index (κ1) is 23.1. The highest BCUT2D eigenvalue weighted by atomic mass is 35.5. The number of azo groups is 1. The molecule has 0 saturated heterocycles. The van der Waals surface area contributed by atoms with Gasteiger partial charge in [0.25, 0.3) is 0 Å². The van der Waals surface area contributed by atoms with Crippen LogP contribution in [0.3, 0.4) is 0 Å². The molecule has 7 heteroatoms. The molecule has 0 aliphatic heterocycles. The third-order valence-electron chi connectivity index (χ3n) is 5.34. The van der Waals surface area contributed by atoms with Gasteiger partial charge in [0.05, 0.1) is 5.69 Å². The predicted octanol–water partition coefficient (Wildman–Crippen LogP) is 6.72. The Morgan fingerprint density at radius 2 is 1.59 bits per heavy atom. The first-order valence-corrected chi connectivity index (χ1v) is 11.2. The van der Waals surface area contributed by atoms with Gasteiger partial charge < -0.3 is 11.5 Å². The minimum absolute atomic E-state index is 0.0992. The summed E-state index contributed by atoms with van der Waals surface area (Å²) in [6.07, 6.45) is 1.63. The van der Waals surface area contributed by atoms with Crippen LogP contribution in [-0.2, 0) is 12.8 Å². The summed E-state index contributed by atoms with van der Waals surface area (Å²) >= 11 is 5.93. The number of hydrogen-bond donors (Lipinski definition) is 2. The van der Waals surface area contributed by atoms with Gasteiger partial charge in [-0.05, 0) is 65.9 Å². The van der Waals surface area contributed by atoms with E-state index >= 15 is 0 Å². The Hall–Kier alpha value is -4.03. The van der Waals surface area contributed by atoms with Gasteiger partial charge in [-0.2, -0.15) is 5.11 Å². The number of aryl methyl sites for hydroxylation is 1. The zero-order chi connectivity index (χ0) is 23.9. The molecule has 0 bridgehead atoms. The van der Waals surface area contributed by atoms with Gasteiger partial charge in [0, 0.05) is 17.0 Å². The van der Waals surface area contributed by atoms with E-state index in [9.17, 15) is 4.79 Å². The van der Waals surface area contributed by atoms with Crippen molar-refractivity contribution in [2.75, 3.05) is 11.5 Å². The molecule has 0 fully saturated rings. The van der Waals surface area contributed by atoms with Crippen LogP contribution in [0.2, 0.25) is 5.02 Å². The molecule has 1 heterocycles. The fraction of sp³-hybridized carbons (Fsp3) is 0.111. The number of nitrogens with two attached hydrogens (primary N) is 2. The second kappa shape index (κ2) is 10.7. The van der Waals surface area contributed by atoms with Crippen LogP contribution in [0, 0.1) is 0 Å². The van der Waals surface area contributed by atoms with Crippen molar-refractivity contribution in [1.82, 2.24) is 4.98 Å². The SMILES string of the molecule is Nc1cc(Cc2cccc(C(=O)CCc3ccccc3)c2)c(N=Nc2ccc(Cl)cc2)c(N)n1. The van der Waals surface area contributed by atoms with Crippen molar-refractivity contribution in [3.05, 3.63) is 112 Å². The molecular weight excluding hydrogens is 446 g/mol. The van der Waals surface area contributed by atoms with E-state index in [0.29, 0.717) is 47.0 Å². The second-order valence-electron chi connectivity index (χ2n) is 7.90. The highest BCUT2D eigenvalue weighted by Gasteiger charge is 2.12. The third-order valence-corrected chi connectivity index (χ3v) is 5.59. The van der Waals surface area contributed by atoms with E-state index in [1.807, 2.05) is 54.6 Å². The first-order valence-electron chi connectivity index (χ1n) is 10.9. The van der Waals surface area contributed by atoms with Crippen LogP contribution in [0.25, 0.3) is 0 Å². The highest BCUT2D eigenvalue weighted by Crippen LogP contribution is 2.31. The maximum Gasteiger partial charge on any atom is 0.163 e. The Morgan fingerprint density at radius 1 is 0.853 bits per heavy atom. The molecule has 3 aromatic carbocycles. The normalized spacial score (nSPS) is 11.1. The Kier molecular flexibility index (Phi) is 7.30. The van der Waals surface area contributed by atoms with Crippen LogP contribution in [0.5, 0.6) is 0 Å². The molecule has 0 aliphatic rings. The predicted molar refractivity (Wildman–Crippen MR) is 137 cm³/mol. The van der Waals surface area contributed by atoms with Crippen molar-refractivity contribution in [2.24, 2.45) is 10.2 Å². The van der Waals surface area contributed by atoms with E-state index < -0.39 is 0 Å². The zero-order valence-electron chi connectivity index (χ0n) is 18.5. The Balaban J connectivity index is 1.54. The number of carbonyl (C=O) groups excluding carboxylic acids is 1. The summed E-state index contributed by atoms with van der Waals surface area (Å²) in [5, 5.41) is 9.21. The molecule has 0 aliphatic carbocycles. The molecule has 4 rings (SSSR count). The highest BCUT2D eigenvalue weighted by molar-refractivity contribution is 6.30. The van der Waals surface area contributed by atoms with Crippen LogP contribution >= 0.6 is 11.6 Å². The molecule has 0 spiro atoms. The molecule has 0 radical (unpaired) electrons. The number of anilines is 2. The number of rotatable bonds is 8. The Bertz CT molecular complexity index is 1320. The van der Waals surface area contributed by atoms with Crippen molar-refractivity contribution in [3.8, 4) is 0 Å². The van der Waals surface area contributed by atoms with Crippen molar-refractivity contribution in [1.29, 1.82) is 0 Å². The smallest absolute Gasteiger partial charge is 0.163 e. The molecule has 4 N–H and O–H groups in total. The Morgan fingerprint density at radius 3 is 2.35 bits per heavy atom. The molecule has 1 aromatic heterocycles. The summed E-state index contributed by atoms with van der Waals surface area (Å²) in [5.41, 5.74) is 16.7. The van der Waals surface area contributed by atoms with E-state index in [4.69, 9.17) is 23.1 Å². The minimum Gasteiger partial charge on any atom is -0.384 e. The Labute approximate surface area is 203 Å². The largest absolute Gasteiger partial charge is 0.384 e. The van der Waals surface area contributed by atoms with E-state index in [0.717, 1.165) is 16.7 Å². The number of nitrogen functional groups attached to an aromatic ring is 2. The van der Waals surface area contributed by atoms with Gasteiger partial charge in [0.1, 0.15) is 11.5 Å². The maximum atomic E-state index is 12.8. The number of nitrogens with zero attached hydrogens (tertiary/aromatic N) is 3. The summed E-state index contributed by atoms with van der Waals surface area (Å²) in [4.78, 5) is 16.9. The van der Waals surface area contributed by atoms with E-state index in [1.165, 1.54) is 0 Å². The van der Waals surface area contributed by atoms with E-state index in [1.54, 1.807) is 30.3 Å². The van der Waals surface area contributed by atoms with E-state index in [2.05, 4.69) is 15.2 Å². The average Bonchev–Trinajstić information content (AvgIpc) is 2.84. The molecule has 4 aromatic rings. The van der Waals surface area contributed by atoms with Gasteiger partial charge in [0.15, 0.2) is 11.6 Å². The lowest BCUT2D eigenvalue weighted by Crippen LogP contribution is -2.03. The average molecular weight is 470 g/mol. The van der Waals surface area contributed by atoms with Crippen LogP contribution in [0.15, 0.2) is 95.2 Å². The molecule has 0 unspecified atom stereocenters. The van der Waals surface area contributed by atoms with Gasteiger partial charge in [-0.1, -0.05) is 60.1 Å². The lowest BCUT2D eigenvalue weighted by atomic mass is 9.98. The molecular formula is C27H24ClN5O. The number of hydrogen-bond acceptors (Lipinski definition) is 6. The van der Waals surface area contributed by atoms with Crippen LogP contribution in [0.1, 0.15) is 33.5 Å². The van der Waals surface area contributed by atoms with Gasteiger partial charge in [-0.15, -0.1) is 5.11 Å². The lowest BCUT2D eigenvalue weighted by Gasteiger charge is -2.10. The van der Waals surface area contributed by atoms with Crippen molar-refractivity contribution in [2.45, 2.75) is 19.3 Å². The van der Waals surface area contributed by atoms with Crippen molar-refractivity contribution >= 4 is 40.4 Å². The van der Waals surface area contributed by atoms with Crippen LogP contribution < -0.4 is 11.5 Å². The molecule has 0 atom stereocenters. The maximum absolute atomic E-state index is 12.8. The molecule has 0 saturated carbocycles. The molecule has 6 nitrogen and oxygen atoms in total.